The molecule has 0 radical (unpaired) electrons. The number of nitrogens with one attached hydrogen (secondary N) is 2. The molecule has 1 aromatic rings. The van der Waals surface area contributed by atoms with E-state index in [0.29, 0.717) is 45.4 Å². The van der Waals surface area contributed by atoms with E-state index < -0.39 is 11.8 Å². The van der Waals surface area contributed by atoms with Gasteiger partial charge in [-0.3, -0.25) is 9.59 Å². The number of carboxylic acid groups (broad SMARTS) is 1. The Hall–Kier alpha value is -2.64. The van der Waals surface area contributed by atoms with Gasteiger partial charge in [0.25, 0.3) is 5.91 Å². The summed E-state index contributed by atoms with van der Waals surface area (Å²) >= 11 is 0. The Morgan fingerprint density at radius 2 is 1.84 bits per heavy atom. The van der Waals surface area contributed by atoms with Crippen LogP contribution in [0.5, 0.6) is 0 Å². The molecule has 0 aliphatic carbocycles. The smallest absolute Gasteiger partial charge is 0.317 e. The molecule has 1 aromatic carbocycles. The van der Waals surface area contributed by atoms with Crippen LogP contribution >= 0.6 is 0 Å². The van der Waals surface area contributed by atoms with Crippen molar-refractivity contribution >= 4 is 17.9 Å². The van der Waals surface area contributed by atoms with Gasteiger partial charge in [0.2, 0.25) is 0 Å². The number of hydrogen-bond donors (Lipinski definition) is 3. The molecule has 0 saturated carbocycles. The summed E-state index contributed by atoms with van der Waals surface area (Å²) in [6.07, 6.45) is 1.47. The number of urea groups is 1. The Labute approximate surface area is 145 Å². The highest BCUT2D eigenvalue weighted by molar-refractivity contribution is 5.94. The van der Waals surface area contributed by atoms with E-state index in [4.69, 9.17) is 5.11 Å². The number of halogens is 1. The Morgan fingerprint density at radius 3 is 2.48 bits per heavy atom. The largest absolute Gasteiger partial charge is 0.481 e. The van der Waals surface area contributed by atoms with Crippen molar-refractivity contribution in [2.45, 2.75) is 19.3 Å². The van der Waals surface area contributed by atoms with Crippen LogP contribution < -0.4 is 10.6 Å². The second kappa shape index (κ2) is 9.00. The van der Waals surface area contributed by atoms with E-state index in [9.17, 15) is 18.8 Å². The molecule has 1 aliphatic rings. The molecule has 1 aliphatic heterocycles. The first-order chi connectivity index (χ1) is 12.0. The molecular weight excluding hydrogens is 329 g/mol. The van der Waals surface area contributed by atoms with E-state index in [1.54, 1.807) is 4.90 Å². The number of aliphatic carboxylic acids is 1. The summed E-state index contributed by atoms with van der Waals surface area (Å²) in [5, 5.41) is 14.3. The summed E-state index contributed by atoms with van der Waals surface area (Å²) in [6, 6.07) is 5.21. The lowest BCUT2D eigenvalue weighted by atomic mass is 9.97. The monoisotopic (exact) mass is 351 g/mol. The topological polar surface area (TPSA) is 98.7 Å². The molecule has 2 rings (SSSR count). The molecule has 0 atom stereocenters. The summed E-state index contributed by atoms with van der Waals surface area (Å²) < 4.78 is 13.0. The van der Waals surface area contributed by atoms with E-state index >= 15 is 0 Å². The quantitative estimate of drug-likeness (QED) is 0.676. The average Bonchev–Trinajstić information content (AvgIpc) is 2.61. The lowest BCUT2D eigenvalue weighted by molar-refractivity contribution is -0.143. The van der Waals surface area contributed by atoms with Crippen molar-refractivity contribution in [3.8, 4) is 0 Å². The van der Waals surface area contributed by atoms with Crippen LogP contribution in [0.2, 0.25) is 0 Å². The van der Waals surface area contributed by atoms with Crippen LogP contribution in [0.4, 0.5) is 9.18 Å². The first kappa shape index (κ1) is 18.7. The van der Waals surface area contributed by atoms with E-state index in [0.717, 1.165) is 6.07 Å². The second-order valence-corrected chi connectivity index (χ2v) is 5.95. The van der Waals surface area contributed by atoms with E-state index in [1.165, 1.54) is 18.2 Å². The fourth-order valence-corrected chi connectivity index (χ4v) is 2.66. The fourth-order valence-electron chi connectivity index (χ4n) is 2.66. The van der Waals surface area contributed by atoms with Crippen LogP contribution in [-0.2, 0) is 4.79 Å². The molecule has 3 amide bonds. The average molecular weight is 351 g/mol. The molecule has 1 saturated heterocycles. The molecule has 7 nitrogen and oxygen atoms in total. The number of carboxylic acids is 1. The third-order valence-corrected chi connectivity index (χ3v) is 4.13. The molecule has 1 fully saturated rings. The van der Waals surface area contributed by atoms with Crippen LogP contribution in [0.3, 0.4) is 0 Å². The predicted molar refractivity (Wildman–Crippen MR) is 88.7 cm³/mol. The number of rotatable bonds is 6. The van der Waals surface area contributed by atoms with Gasteiger partial charge in [0, 0.05) is 31.7 Å². The Kier molecular flexibility index (Phi) is 6.73. The standard InChI is InChI=1S/C17H22FN3O4/c18-14-4-1-3-13(11-14)15(22)19-7-2-8-20-17(25)21-9-5-12(6-10-21)16(23)24/h1,3-4,11-12H,2,5-10H2,(H,19,22)(H,20,25)(H,23,24). The number of hydrogen-bond acceptors (Lipinski definition) is 3. The maximum atomic E-state index is 13.0. The minimum Gasteiger partial charge on any atom is -0.481 e. The molecule has 1 heterocycles. The van der Waals surface area contributed by atoms with Crippen molar-refractivity contribution in [2.75, 3.05) is 26.2 Å². The van der Waals surface area contributed by atoms with Gasteiger partial charge < -0.3 is 20.6 Å². The predicted octanol–water partition coefficient (Wildman–Crippen LogP) is 1.45. The van der Waals surface area contributed by atoms with E-state index in [2.05, 4.69) is 10.6 Å². The molecule has 136 valence electrons. The number of benzene rings is 1. The van der Waals surface area contributed by atoms with Gasteiger partial charge in [-0.05, 0) is 37.5 Å². The molecular formula is C17H22FN3O4. The number of amides is 3. The Bertz CT molecular complexity index is 630. The van der Waals surface area contributed by atoms with Crippen molar-refractivity contribution in [3.05, 3.63) is 35.6 Å². The van der Waals surface area contributed by atoms with Crippen LogP contribution in [-0.4, -0.2) is 54.1 Å². The third kappa shape index (κ3) is 5.74. The highest BCUT2D eigenvalue weighted by Gasteiger charge is 2.26. The molecule has 0 unspecified atom stereocenters. The maximum absolute atomic E-state index is 13.0. The number of carbonyl (C=O) groups excluding carboxylic acids is 2. The number of nitrogens with zero attached hydrogens (tertiary/aromatic N) is 1. The summed E-state index contributed by atoms with van der Waals surface area (Å²) in [5.74, 6) is -2.01. The fraction of sp³-hybridized carbons (Fsp3) is 0.471. The number of carbonyl (C=O) groups is 3. The zero-order valence-corrected chi connectivity index (χ0v) is 13.8. The lowest BCUT2D eigenvalue weighted by Crippen LogP contribution is -2.46. The van der Waals surface area contributed by atoms with Crippen molar-refractivity contribution in [1.82, 2.24) is 15.5 Å². The van der Waals surface area contributed by atoms with E-state index in [-0.39, 0.29) is 23.4 Å². The highest BCUT2D eigenvalue weighted by Crippen LogP contribution is 2.17. The Morgan fingerprint density at radius 1 is 1.16 bits per heavy atom. The first-order valence-electron chi connectivity index (χ1n) is 8.26. The van der Waals surface area contributed by atoms with Crippen LogP contribution in [0.25, 0.3) is 0 Å². The molecule has 0 spiro atoms. The van der Waals surface area contributed by atoms with E-state index in [1.807, 2.05) is 0 Å². The molecule has 25 heavy (non-hydrogen) atoms. The summed E-state index contributed by atoms with van der Waals surface area (Å²) in [6.45, 7) is 1.61. The molecule has 8 heteroatoms. The molecule has 0 bridgehead atoms. The SMILES string of the molecule is O=C(NCCCNC(=O)N1CCC(C(=O)O)CC1)c1cccc(F)c1. The van der Waals surface area contributed by atoms with Gasteiger partial charge in [0.1, 0.15) is 5.82 Å². The van der Waals surface area contributed by atoms with Gasteiger partial charge in [-0.1, -0.05) is 6.07 Å². The maximum Gasteiger partial charge on any atom is 0.317 e. The van der Waals surface area contributed by atoms with Crippen LogP contribution in [0.1, 0.15) is 29.6 Å². The van der Waals surface area contributed by atoms with Gasteiger partial charge in [-0.2, -0.15) is 0 Å². The third-order valence-electron chi connectivity index (χ3n) is 4.13. The summed E-state index contributed by atoms with van der Waals surface area (Å²) in [4.78, 5) is 36.3. The van der Waals surface area contributed by atoms with Gasteiger partial charge in [-0.15, -0.1) is 0 Å². The number of piperidine rings is 1. The summed E-state index contributed by atoms with van der Waals surface area (Å²) in [5.41, 5.74) is 0.255. The van der Waals surface area contributed by atoms with Gasteiger partial charge >= 0.3 is 12.0 Å². The van der Waals surface area contributed by atoms with Crippen molar-refractivity contribution in [2.24, 2.45) is 5.92 Å². The van der Waals surface area contributed by atoms with Gasteiger partial charge in [0.15, 0.2) is 0 Å². The summed E-state index contributed by atoms with van der Waals surface area (Å²) in [7, 11) is 0. The zero-order chi connectivity index (χ0) is 18.2. The lowest BCUT2D eigenvalue weighted by Gasteiger charge is -2.30. The first-order valence-corrected chi connectivity index (χ1v) is 8.26. The zero-order valence-electron chi connectivity index (χ0n) is 13.8. The van der Waals surface area contributed by atoms with Crippen molar-refractivity contribution in [3.63, 3.8) is 0 Å². The van der Waals surface area contributed by atoms with Gasteiger partial charge in [-0.25, -0.2) is 9.18 Å². The van der Waals surface area contributed by atoms with Crippen molar-refractivity contribution < 1.29 is 23.9 Å². The molecule has 0 aromatic heterocycles. The van der Waals surface area contributed by atoms with Gasteiger partial charge in [0.05, 0.1) is 5.92 Å². The van der Waals surface area contributed by atoms with Crippen molar-refractivity contribution in [1.29, 1.82) is 0 Å². The van der Waals surface area contributed by atoms with Crippen LogP contribution in [0, 0.1) is 11.7 Å². The van der Waals surface area contributed by atoms with Crippen LogP contribution in [0.15, 0.2) is 24.3 Å². The minimum atomic E-state index is -0.811. The Balaban J connectivity index is 1.61. The highest BCUT2D eigenvalue weighted by atomic mass is 19.1. The molecule has 3 N–H and O–H groups in total. The minimum absolute atomic E-state index is 0.222. The normalized spacial score (nSPS) is 14.8. The number of likely N-dealkylation sites (tertiary alicyclic amines) is 1. The second-order valence-electron chi connectivity index (χ2n) is 5.95.